The summed E-state index contributed by atoms with van der Waals surface area (Å²) in [5.41, 5.74) is 1.70. The summed E-state index contributed by atoms with van der Waals surface area (Å²) < 4.78 is 45.1. The molecule has 0 bridgehead atoms. The van der Waals surface area contributed by atoms with E-state index in [-0.39, 0.29) is 23.7 Å². The topological polar surface area (TPSA) is 85.1 Å². The van der Waals surface area contributed by atoms with E-state index in [4.69, 9.17) is 4.52 Å². The van der Waals surface area contributed by atoms with Crippen LogP contribution in [0.2, 0.25) is 0 Å². The zero-order valence-corrected chi connectivity index (χ0v) is 15.0. The highest BCUT2D eigenvalue weighted by Crippen LogP contribution is 2.16. The van der Waals surface area contributed by atoms with E-state index in [2.05, 4.69) is 14.9 Å². The fourth-order valence-electron chi connectivity index (χ4n) is 2.35. The van der Waals surface area contributed by atoms with Crippen LogP contribution in [0.1, 0.15) is 18.4 Å². The highest BCUT2D eigenvalue weighted by molar-refractivity contribution is 7.89. The number of nitrogens with one attached hydrogen (secondary N) is 1. The Morgan fingerprint density at radius 3 is 2.42 bits per heavy atom. The molecule has 0 saturated heterocycles. The number of aromatic nitrogens is 2. The number of hydrogen-bond acceptors (Lipinski definition) is 5. The van der Waals surface area contributed by atoms with Crippen molar-refractivity contribution < 1.29 is 17.3 Å². The molecule has 0 aliphatic carbocycles. The molecule has 0 saturated carbocycles. The number of hydrogen-bond donors (Lipinski definition) is 1. The first-order chi connectivity index (χ1) is 12.5. The molecule has 0 aliphatic rings. The summed E-state index contributed by atoms with van der Waals surface area (Å²) in [5, 5.41) is 3.82. The standard InChI is InChI=1S/C18H18FN3O3S/c1-2-13-3-9-16(10-4-13)26(23,24)20-12-11-17-21-18(22-25-17)14-5-7-15(19)8-6-14/h3-10,20H,2,11-12H2,1H3. The second-order valence-electron chi connectivity index (χ2n) is 5.66. The third-order valence-corrected chi connectivity index (χ3v) is 5.32. The van der Waals surface area contributed by atoms with Gasteiger partial charge in [0, 0.05) is 18.5 Å². The second-order valence-corrected chi connectivity index (χ2v) is 7.43. The number of halogens is 1. The fourth-order valence-corrected chi connectivity index (χ4v) is 3.38. The lowest BCUT2D eigenvalue weighted by Crippen LogP contribution is -2.26. The predicted molar refractivity (Wildman–Crippen MR) is 94.4 cm³/mol. The van der Waals surface area contributed by atoms with Crippen molar-refractivity contribution in [2.24, 2.45) is 0 Å². The van der Waals surface area contributed by atoms with Crippen LogP contribution in [0.3, 0.4) is 0 Å². The Morgan fingerprint density at radius 2 is 1.77 bits per heavy atom. The lowest BCUT2D eigenvalue weighted by molar-refractivity contribution is 0.379. The molecule has 6 nitrogen and oxygen atoms in total. The SMILES string of the molecule is CCc1ccc(S(=O)(=O)NCCc2nc(-c3ccc(F)cc3)no2)cc1. The molecular weight excluding hydrogens is 357 g/mol. The molecule has 8 heteroatoms. The molecule has 0 radical (unpaired) electrons. The largest absolute Gasteiger partial charge is 0.339 e. The first kappa shape index (κ1) is 18.2. The zero-order valence-electron chi connectivity index (χ0n) is 14.1. The van der Waals surface area contributed by atoms with E-state index in [1.165, 1.54) is 12.1 Å². The molecule has 0 amide bonds. The van der Waals surface area contributed by atoms with Crippen LogP contribution in [-0.2, 0) is 22.9 Å². The van der Waals surface area contributed by atoms with Crippen molar-refractivity contribution in [2.45, 2.75) is 24.7 Å². The van der Waals surface area contributed by atoms with Gasteiger partial charge in [0.1, 0.15) is 5.82 Å². The molecule has 3 rings (SSSR count). The van der Waals surface area contributed by atoms with Crippen molar-refractivity contribution >= 4 is 10.0 Å². The summed E-state index contributed by atoms with van der Waals surface area (Å²) >= 11 is 0. The van der Waals surface area contributed by atoms with Gasteiger partial charge in [-0.25, -0.2) is 17.5 Å². The van der Waals surface area contributed by atoms with Gasteiger partial charge >= 0.3 is 0 Å². The Balaban J connectivity index is 1.60. The van der Waals surface area contributed by atoms with Crippen molar-refractivity contribution in [3.05, 3.63) is 65.8 Å². The average molecular weight is 375 g/mol. The lowest BCUT2D eigenvalue weighted by Gasteiger charge is -2.06. The van der Waals surface area contributed by atoms with Gasteiger partial charge < -0.3 is 4.52 Å². The van der Waals surface area contributed by atoms with Gasteiger partial charge in [0.2, 0.25) is 21.7 Å². The van der Waals surface area contributed by atoms with Crippen LogP contribution in [0, 0.1) is 5.82 Å². The molecule has 0 spiro atoms. The summed E-state index contributed by atoms with van der Waals surface area (Å²) in [4.78, 5) is 4.41. The highest BCUT2D eigenvalue weighted by Gasteiger charge is 2.14. The monoisotopic (exact) mass is 375 g/mol. The number of aryl methyl sites for hydroxylation is 1. The third kappa shape index (κ3) is 4.33. The number of sulfonamides is 1. The van der Waals surface area contributed by atoms with Crippen LogP contribution in [-0.4, -0.2) is 25.1 Å². The minimum atomic E-state index is -3.59. The molecular formula is C18H18FN3O3S. The normalized spacial score (nSPS) is 11.6. The van der Waals surface area contributed by atoms with E-state index in [0.717, 1.165) is 12.0 Å². The molecule has 0 fully saturated rings. The van der Waals surface area contributed by atoms with Crippen LogP contribution in [0.15, 0.2) is 57.9 Å². The van der Waals surface area contributed by atoms with Crippen LogP contribution in [0.4, 0.5) is 4.39 Å². The van der Waals surface area contributed by atoms with Gasteiger partial charge in [-0.15, -0.1) is 0 Å². The number of nitrogens with zero attached hydrogens (tertiary/aromatic N) is 2. The van der Waals surface area contributed by atoms with Crippen LogP contribution < -0.4 is 4.72 Å². The molecule has 0 atom stereocenters. The van der Waals surface area contributed by atoms with Crippen molar-refractivity contribution in [3.63, 3.8) is 0 Å². The summed E-state index contributed by atoms with van der Waals surface area (Å²) in [6.45, 7) is 2.13. The molecule has 136 valence electrons. The molecule has 1 N–H and O–H groups in total. The van der Waals surface area contributed by atoms with Crippen molar-refractivity contribution in [1.82, 2.24) is 14.9 Å². The van der Waals surface area contributed by atoms with E-state index in [9.17, 15) is 12.8 Å². The van der Waals surface area contributed by atoms with E-state index in [1.54, 1.807) is 36.4 Å². The molecule has 0 aliphatic heterocycles. The Labute approximate surface area is 151 Å². The van der Waals surface area contributed by atoms with Gasteiger partial charge in [0.25, 0.3) is 0 Å². The first-order valence-corrected chi connectivity index (χ1v) is 9.63. The van der Waals surface area contributed by atoms with Gasteiger partial charge in [0.05, 0.1) is 4.90 Å². The quantitative estimate of drug-likeness (QED) is 0.686. The van der Waals surface area contributed by atoms with Crippen molar-refractivity contribution in [3.8, 4) is 11.4 Å². The van der Waals surface area contributed by atoms with Crippen molar-refractivity contribution in [1.29, 1.82) is 0 Å². The van der Waals surface area contributed by atoms with Gasteiger partial charge in [-0.05, 0) is 48.4 Å². The third-order valence-electron chi connectivity index (χ3n) is 3.84. The van der Waals surface area contributed by atoms with Gasteiger partial charge in [-0.1, -0.05) is 24.2 Å². The Morgan fingerprint density at radius 1 is 1.08 bits per heavy atom. The number of benzene rings is 2. The molecule has 0 unspecified atom stereocenters. The minimum Gasteiger partial charge on any atom is -0.339 e. The Hall–Kier alpha value is -2.58. The Kier molecular flexibility index (Phi) is 5.43. The molecule has 1 aromatic heterocycles. The Bertz CT molecular complexity index is 968. The molecule has 1 heterocycles. The minimum absolute atomic E-state index is 0.128. The molecule has 26 heavy (non-hydrogen) atoms. The van der Waals surface area contributed by atoms with Gasteiger partial charge in [-0.2, -0.15) is 4.98 Å². The summed E-state index contributed by atoms with van der Waals surface area (Å²) in [7, 11) is -3.59. The lowest BCUT2D eigenvalue weighted by atomic mass is 10.2. The summed E-state index contributed by atoms with van der Waals surface area (Å²) in [5.74, 6) is 0.283. The van der Waals surface area contributed by atoms with E-state index < -0.39 is 10.0 Å². The predicted octanol–water partition coefficient (Wildman–Crippen LogP) is 2.96. The van der Waals surface area contributed by atoms with Crippen LogP contribution in [0.5, 0.6) is 0 Å². The van der Waals surface area contributed by atoms with Crippen molar-refractivity contribution in [2.75, 3.05) is 6.54 Å². The summed E-state index contributed by atoms with van der Waals surface area (Å²) in [6, 6.07) is 12.5. The van der Waals surface area contributed by atoms with Gasteiger partial charge in [0.15, 0.2) is 0 Å². The highest BCUT2D eigenvalue weighted by atomic mass is 32.2. The van der Waals surface area contributed by atoms with Gasteiger partial charge in [-0.3, -0.25) is 0 Å². The van der Waals surface area contributed by atoms with E-state index >= 15 is 0 Å². The fraction of sp³-hybridized carbons (Fsp3) is 0.222. The second kappa shape index (κ2) is 7.76. The maximum Gasteiger partial charge on any atom is 0.240 e. The first-order valence-electron chi connectivity index (χ1n) is 8.15. The molecule has 2 aromatic carbocycles. The molecule has 3 aromatic rings. The average Bonchev–Trinajstić information content (AvgIpc) is 3.11. The van der Waals surface area contributed by atoms with Crippen LogP contribution >= 0.6 is 0 Å². The number of rotatable bonds is 7. The van der Waals surface area contributed by atoms with Crippen LogP contribution in [0.25, 0.3) is 11.4 Å². The van der Waals surface area contributed by atoms with E-state index in [0.29, 0.717) is 17.3 Å². The summed E-state index contributed by atoms with van der Waals surface area (Å²) in [6.07, 6.45) is 1.10. The zero-order chi connectivity index (χ0) is 18.6. The van der Waals surface area contributed by atoms with E-state index in [1.807, 2.05) is 6.92 Å². The maximum atomic E-state index is 12.9. The smallest absolute Gasteiger partial charge is 0.240 e. The maximum absolute atomic E-state index is 12.9.